The molecule has 2 aromatic rings. The van der Waals surface area contributed by atoms with Gasteiger partial charge >= 0.3 is 0 Å². The van der Waals surface area contributed by atoms with Gasteiger partial charge in [-0.1, -0.05) is 13.8 Å². The quantitative estimate of drug-likeness (QED) is 0.833. The molecule has 104 valence electrons. The summed E-state index contributed by atoms with van der Waals surface area (Å²) in [5, 5.41) is 12.2. The van der Waals surface area contributed by atoms with Crippen molar-refractivity contribution in [3.05, 3.63) is 29.8 Å². The fourth-order valence-electron chi connectivity index (χ4n) is 2.08. The first-order chi connectivity index (χ1) is 9.22. The van der Waals surface area contributed by atoms with Gasteiger partial charge in [-0.25, -0.2) is 0 Å². The molecule has 2 rings (SSSR count). The molecule has 19 heavy (non-hydrogen) atoms. The number of hydrogen-bond acceptors (Lipinski definition) is 3. The minimum atomic E-state index is 0.799. The zero-order valence-electron chi connectivity index (χ0n) is 12.1. The van der Waals surface area contributed by atoms with Crippen molar-refractivity contribution < 1.29 is 0 Å². The van der Waals surface area contributed by atoms with Crippen LogP contribution in [0.1, 0.15) is 37.9 Å². The summed E-state index contributed by atoms with van der Waals surface area (Å²) in [7, 11) is 0. The number of nitrogens with zero attached hydrogens (tertiary/aromatic N) is 4. The molecule has 1 N–H and O–H groups in total. The van der Waals surface area contributed by atoms with Crippen molar-refractivity contribution in [2.45, 2.75) is 53.2 Å². The average Bonchev–Trinajstić information content (AvgIpc) is 2.95. The normalized spacial score (nSPS) is 10.9. The molecule has 0 aliphatic heterocycles. The molecule has 2 aromatic heterocycles. The average molecular weight is 261 g/mol. The third-order valence-electron chi connectivity index (χ3n) is 3.07. The lowest BCUT2D eigenvalue weighted by Gasteiger charge is -2.01. The molecule has 0 saturated carbocycles. The Hall–Kier alpha value is -1.78. The Labute approximate surface area is 114 Å². The number of rotatable bonds is 7. The van der Waals surface area contributed by atoms with Gasteiger partial charge in [-0.2, -0.15) is 10.2 Å². The summed E-state index contributed by atoms with van der Waals surface area (Å²) in [6.45, 7) is 9.12. The highest BCUT2D eigenvalue weighted by molar-refractivity contribution is 5.39. The van der Waals surface area contributed by atoms with Crippen LogP contribution in [0.3, 0.4) is 0 Å². The molecule has 0 aromatic carbocycles. The lowest BCUT2D eigenvalue weighted by molar-refractivity contribution is 0.598. The minimum absolute atomic E-state index is 0.799. The molecule has 0 amide bonds. The number of aryl methyl sites for hydroxylation is 3. The Morgan fingerprint density at radius 1 is 1.11 bits per heavy atom. The van der Waals surface area contributed by atoms with Crippen molar-refractivity contribution in [1.82, 2.24) is 19.6 Å². The van der Waals surface area contributed by atoms with Crippen LogP contribution in [0.25, 0.3) is 0 Å². The van der Waals surface area contributed by atoms with Gasteiger partial charge in [0.15, 0.2) is 0 Å². The molecule has 0 atom stereocenters. The van der Waals surface area contributed by atoms with E-state index >= 15 is 0 Å². The van der Waals surface area contributed by atoms with Gasteiger partial charge in [0.2, 0.25) is 0 Å². The Morgan fingerprint density at radius 3 is 2.58 bits per heavy atom. The van der Waals surface area contributed by atoms with Crippen LogP contribution < -0.4 is 5.32 Å². The van der Waals surface area contributed by atoms with E-state index in [1.54, 1.807) is 0 Å². The van der Waals surface area contributed by atoms with E-state index < -0.39 is 0 Å². The second-order valence-corrected chi connectivity index (χ2v) is 4.85. The second kappa shape index (κ2) is 6.41. The van der Waals surface area contributed by atoms with E-state index in [1.165, 1.54) is 5.56 Å². The number of aromatic nitrogens is 4. The van der Waals surface area contributed by atoms with Gasteiger partial charge in [-0.15, -0.1) is 0 Å². The Morgan fingerprint density at radius 2 is 1.84 bits per heavy atom. The predicted octanol–water partition coefficient (Wildman–Crippen LogP) is 2.82. The SMILES string of the molecule is CCCn1cc(NCc2cn(CCC)nc2C)cn1. The minimum Gasteiger partial charge on any atom is -0.378 e. The Balaban J connectivity index is 1.93. The van der Waals surface area contributed by atoms with Crippen LogP contribution in [0, 0.1) is 6.92 Å². The van der Waals surface area contributed by atoms with E-state index in [9.17, 15) is 0 Å². The lowest BCUT2D eigenvalue weighted by Crippen LogP contribution is -1.99. The summed E-state index contributed by atoms with van der Waals surface area (Å²) in [5.41, 5.74) is 3.41. The third-order valence-corrected chi connectivity index (χ3v) is 3.07. The summed E-state index contributed by atoms with van der Waals surface area (Å²) in [6.07, 6.45) is 8.26. The molecule has 0 bridgehead atoms. The van der Waals surface area contributed by atoms with E-state index in [-0.39, 0.29) is 0 Å². The van der Waals surface area contributed by atoms with Crippen molar-refractivity contribution in [3.63, 3.8) is 0 Å². The first-order valence-corrected chi connectivity index (χ1v) is 7.02. The number of nitrogens with one attached hydrogen (secondary N) is 1. The zero-order chi connectivity index (χ0) is 13.7. The van der Waals surface area contributed by atoms with Crippen molar-refractivity contribution in [1.29, 1.82) is 0 Å². The van der Waals surface area contributed by atoms with Crippen LogP contribution in [0.15, 0.2) is 18.6 Å². The van der Waals surface area contributed by atoms with Gasteiger partial charge in [0.25, 0.3) is 0 Å². The fourth-order valence-corrected chi connectivity index (χ4v) is 2.08. The van der Waals surface area contributed by atoms with E-state index in [2.05, 4.69) is 48.7 Å². The molecule has 0 radical (unpaired) electrons. The van der Waals surface area contributed by atoms with Crippen LogP contribution in [0.2, 0.25) is 0 Å². The number of anilines is 1. The summed E-state index contributed by atoms with van der Waals surface area (Å²) in [6, 6.07) is 0. The molecule has 5 nitrogen and oxygen atoms in total. The third kappa shape index (κ3) is 3.59. The maximum absolute atomic E-state index is 4.50. The van der Waals surface area contributed by atoms with E-state index in [4.69, 9.17) is 0 Å². The van der Waals surface area contributed by atoms with E-state index in [0.717, 1.165) is 43.9 Å². The van der Waals surface area contributed by atoms with E-state index in [1.807, 2.05) is 15.6 Å². The monoisotopic (exact) mass is 261 g/mol. The molecule has 5 heteroatoms. The molecule has 0 aliphatic carbocycles. The highest BCUT2D eigenvalue weighted by atomic mass is 15.3. The van der Waals surface area contributed by atoms with Crippen molar-refractivity contribution >= 4 is 5.69 Å². The van der Waals surface area contributed by atoms with Gasteiger partial charge in [-0.05, 0) is 19.8 Å². The second-order valence-electron chi connectivity index (χ2n) is 4.85. The maximum Gasteiger partial charge on any atom is 0.0729 e. The van der Waals surface area contributed by atoms with Crippen LogP contribution in [0.5, 0.6) is 0 Å². The molecule has 2 heterocycles. The smallest absolute Gasteiger partial charge is 0.0729 e. The van der Waals surface area contributed by atoms with Gasteiger partial charge in [0.1, 0.15) is 0 Å². The Kier molecular flexibility index (Phi) is 4.60. The van der Waals surface area contributed by atoms with Crippen LogP contribution in [-0.4, -0.2) is 19.6 Å². The Bertz CT molecular complexity index is 512. The van der Waals surface area contributed by atoms with Gasteiger partial charge < -0.3 is 5.32 Å². The molecular weight excluding hydrogens is 238 g/mol. The van der Waals surface area contributed by atoms with Gasteiger partial charge in [0.05, 0.1) is 17.6 Å². The maximum atomic E-state index is 4.50. The summed E-state index contributed by atoms with van der Waals surface area (Å²) < 4.78 is 3.99. The molecule has 0 aliphatic rings. The topological polar surface area (TPSA) is 47.7 Å². The molecule has 0 spiro atoms. The van der Waals surface area contributed by atoms with Gasteiger partial charge in [0, 0.05) is 37.6 Å². The fraction of sp³-hybridized carbons (Fsp3) is 0.571. The zero-order valence-corrected chi connectivity index (χ0v) is 12.1. The van der Waals surface area contributed by atoms with Crippen LogP contribution >= 0.6 is 0 Å². The molecular formula is C14H23N5. The standard InChI is InChI=1S/C14H23N5/c1-4-6-18-11-14(9-16-18)15-8-13-10-19(7-5-2)17-12(13)3/h9-11,15H,4-8H2,1-3H3. The van der Waals surface area contributed by atoms with Crippen LogP contribution in [0.4, 0.5) is 5.69 Å². The summed E-state index contributed by atoms with van der Waals surface area (Å²) >= 11 is 0. The predicted molar refractivity (Wildman–Crippen MR) is 77.1 cm³/mol. The largest absolute Gasteiger partial charge is 0.378 e. The van der Waals surface area contributed by atoms with Crippen molar-refractivity contribution in [2.24, 2.45) is 0 Å². The summed E-state index contributed by atoms with van der Waals surface area (Å²) in [5.74, 6) is 0. The summed E-state index contributed by atoms with van der Waals surface area (Å²) in [4.78, 5) is 0. The van der Waals surface area contributed by atoms with Crippen molar-refractivity contribution in [3.8, 4) is 0 Å². The molecule has 0 unspecified atom stereocenters. The highest BCUT2D eigenvalue weighted by Gasteiger charge is 2.05. The first kappa shape index (κ1) is 13.6. The van der Waals surface area contributed by atoms with E-state index in [0.29, 0.717) is 0 Å². The number of hydrogen-bond donors (Lipinski definition) is 1. The van der Waals surface area contributed by atoms with Crippen molar-refractivity contribution in [2.75, 3.05) is 5.32 Å². The molecule has 0 saturated heterocycles. The lowest BCUT2D eigenvalue weighted by atomic mass is 10.2. The highest BCUT2D eigenvalue weighted by Crippen LogP contribution is 2.11. The first-order valence-electron chi connectivity index (χ1n) is 7.02. The molecule has 0 fully saturated rings. The van der Waals surface area contributed by atoms with Crippen LogP contribution in [-0.2, 0) is 19.6 Å². The van der Waals surface area contributed by atoms with Gasteiger partial charge in [-0.3, -0.25) is 9.36 Å².